The van der Waals surface area contributed by atoms with Crippen molar-refractivity contribution in [1.29, 1.82) is 5.26 Å². The molecule has 3 unspecified atom stereocenters. The summed E-state index contributed by atoms with van der Waals surface area (Å²) in [6, 6.07) is 2.37. The lowest BCUT2D eigenvalue weighted by molar-refractivity contribution is -0.192. The van der Waals surface area contributed by atoms with E-state index in [0.29, 0.717) is 18.6 Å². The molecule has 3 fully saturated rings. The molecule has 9 atom stereocenters. The van der Waals surface area contributed by atoms with Crippen LogP contribution in [0, 0.1) is 61.6 Å². The van der Waals surface area contributed by atoms with Gasteiger partial charge >= 0.3 is 5.97 Å². The summed E-state index contributed by atoms with van der Waals surface area (Å²) in [7, 11) is -0.506. The molecule has 256 valence electrons. The second-order valence-electron chi connectivity index (χ2n) is 19.2. The molecule has 5 aliphatic rings. The highest BCUT2D eigenvalue weighted by molar-refractivity contribution is 6.74. The Kier molecular flexibility index (Phi) is 8.40. The lowest BCUT2D eigenvalue weighted by atomic mass is 9.34. The summed E-state index contributed by atoms with van der Waals surface area (Å²) in [4.78, 5) is 28.3. The van der Waals surface area contributed by atoms with Gasteiger partial charge < -0.3 is 14.3 Å². The molecule has 0 radical (unpaired) electrons. The van der Waals surface area contributed by atoms with Crippen molar-refractivity contribution in [3.63, 3.8) is 0 Å². The molecule has 0 spiro atoms. The SMILES string of the molecule is COC(=O)[C@]12CCC(C)(C)CC1C1C(=O)C=C3[C@@]4(C)C=C(C#N)C(O)[C@@](C)(CCO[Si](C)(C)C(C)(C)C)[C@@H]4CC[C@@]3(C)[C@]1(C)CC2. The van der Waals surface area contributed by atoms with E-state index in [2.05, 4.69) is 81.5 Å². The number of nitriles is 1. The second-order valence-corrected chi connectivity index (χ2v) is 24.0. The third-order valence-corrected chi connectivity index (χ3v) is 19.9. The lowest BCUT2D eigenvalue weighted by Gasteiger charge is -2.69. The molecule has 0 saturated heterocycles. The third kappa shape index (κ3) is 4.81. The van der Waals surface area contributed by atoms with Crippen molar-refractivity contribution in [3.8, 4) is 6.07 Å². The van der Waals surface area contributed by atoms with Gasteiger partial charge in [-0.2, -0.15) is 5.26 Å². The molecule has 5 rings (SSSR count). The number of ketones is 1. The maximum atomic E-state index is 14.7. The summed E-state index contributed by atoms with van der Waals surface area (Å²) in [6.07, 6.45) is 9.62. The largest absolute Gasteiger partial charge is 0.469 e. The van der Waals surface area contributed by atoms with Gasteiger partial charge in [-0.05, 0) is 104 Å². The number of aliphatic hydroxyl groups excluding tert-OH is 1. The van der Waals surface area contributed by atoms with Gasteiger partial charge in [-0.3, -0.25) is 9.59 Å². The summed E-state index contributed by atoms with van der Waals surface area (Å²) in [5.41, 5.74) is -0.812. The Morgan fingerprint density at radius 3 is 2.28 bits per heavy atom. The number of nitrogens with zero attached hydrogens (tertiary/aromatic N) is 1. The van der Waals surface area contributed by atoms with E-state index in [0.717, 1.165) is 50.5 Å². The van der Waals surface area contributed by atoms with Crippen LogP contribution in [0.2, 0.25) is 18.1 Å². The van der Waals surface area contributed by atoms with Crippen LogP contribution in [0.1, 0.15) is 114 Å². The van der Waals surface area contributed by atoms with Gasteiger partial charge in [0.2, 0.25) is 0 Å². The number of hydrogen-bond donors (Lipinski definition) is 1. The molecule has 7 heteroatoms. The van der Waals surface area contributed by atoms with E-state index >= 15 is 0 Å². The number of hydrogen-bond acceptors (Lipinski definition) is 6. The predicted molar refractivity (Wildman–Crippen MR) is 184 cm³/mol. The van der Waals surface area contributed by atoms with Crippen LogP contribution in [0.3, 0.4) is 0 Å². The summed E-state index contributed by atoms with van der Waals surface area (Å²) in [5, 5.41) is 22.2. The van der Waals surface area contributed by atoms with Crippen molar-refractivity contribution >= 4 is 20.1 Å². The zero-order valence-electron chi connectivity index (χ0n) is 30.9. The average molecular weight is 652 g/mol. The van der Waals surface area contributed by atoms with E-state index in [1.165, 1.54) is 7.11 Å². The molecule has 0 aromatic carbocycles. The first-order valence-corrected chi connectivity index (χ1v) is 20.7. The van der Waals surface area contributed by atoms with Gasteiger partial charge in [-0.1, -0.05) is 74.0 Å². The van der Waals surface area contributed by atoms with Gasteiger partial charge in [0.15, 0.2) is 14.1 Å². The normalized spacial score (nSPS) is 43.5. The molecule has 0 bridgehead atoms. The van der Waals surface area contributed by atoms with Crippen LogP contribution < -0.4 is 0 Å². The molecule has 46 heavy (non-hydrogen) atoms. The number of allylic oxidation sites excluding steroid dienone is 3. The minimum absolute atomic E-state index is 0.0491. The molecule has 0 amide bonds. The molecule has 0 heterocycles. The first-order valence-electron chi connectivity index (χ1n) is 17.8. The van der Waals surface area contributed by atoms with Crippen molar-refractivity contribution < 1.29 is 23.9 Å². The fraction of sp³-hybridized carbons (Fsp3) is 0.821. The first kappa shape index (κ1) is 35.6. The predicted octanol–water partition coefficient (Wildman–Crippen LogP) is 8.56. The van der Waals surface area contributed by atoms with Crippen LogP contribution in [-0.2, 0) is 18.8 Å². The standard InChI is InChI=1S/C39H61NO5Si/c1-33(2,3)46(11,12)45-20-19-35(6)28-13-14-37(8)29(36(28,7)22-25(24-40)31(35)42)21-27(41)30-26-23-34(4,5)15-17-39(26,32(43)44-10)18-16-38(30,37)9/h21-22,26,28,30-31,42H,13-20,23H2,1-12H3/t26?,28-,30?,31?,35-,36-,37+,38+,39-/m0/s1. The Morgan fingerprint density at radius 1 is 1.07 bits per heavy atom. The summed E-state index contributed by atoms with van der Waals surface area (Å²) in [5.74, 6) is -0.280. The van der Waals surface area contributed by atoms with Gasteiger partial charge in [0, 0.05) is 23.4 Å². The van der Waals surface area contributed by atoms with E-state index < -0.39 is 30.7 Å². The van der Waals surface area contributed by atoms with E-state index in [4.69, 9.17) is 9.16 Å². The van der Waals surface area contributed by atoms with Crippen LogP contribution in [-0.4, -0.2) is 45.0 Å². The van der Waals surface area contributed by atoms with Crippen molar-refractivity contribution in [1.82, 2.24) is 0 Å². The minimum atomic E-state index is -2.00. The van der Waals surface area contributed by atoms with Crippen LogP contribution in [0.25, 0.3) is 0 Å². The van der Waals surface area contributed by atoms with Gasteiger partial charge in [0.05, 0.1) is 30.3 Å². The molecule has 0 aliphatic heterocycles. The summed E-state index contributed by atoms with van der Waals surface area (Å²) >= 11 is 0. The van der Waals surface area contributed by atoms with Crippen molar-refractivity contribution in [2.45, 2.75) is 138 Å². The van der Waals surface area contributed by atoms with Crippen molar-refractivity contribution in [2.24, 2.45) is 50.2 Å². The van der Waals surface area contributed by atoms with Crippen LogP contribution in [0.5, 0.6) is 0 Å². The van der Waals surface area contributed by atoms with Crippen LogP contribution in [0.4, 0.5) is 0 Å². The molecular weight excluding hydrogens is 591 g/mol. The molecule has 3 saturated carbocycles. The number of carbonyl (C=O) groups excluding carboxylic acids is 2. The maximum absolute atomic E-state index is 14.7. The number of aliphatic hydroxyl groups is 1. The van der Waals surface area contributed by atoms with E-state index in [-0.39, 0.29) is 50.8 Å². The quantitative estimate of drug-likeness (QED) is 0.236. The van der Waals surface area contributed by atoms with E-state index in [1.54, 1.807) is 0 Å². The van der Waals surface area contributed by atoms with E-state index in [9.17, 15) is 20.0 Å². The fourth-order valence-electron chi connectivity index (χ4n) is 11.2. The Bertz CT molecular complexity index is 1400. The zero-order valence-corrected chi connectivity index (χ0v) is 31.9. The minimum Gasteiger partial charge on any atom is -0.469 e. The van der Waals surface area contributed by atoms with Crippen LogP contribution >= 0.6 is 0 Å². The number of esters is 1. The highest BCUT2D eigenvalue weighted by Crippen LogP contribution is 2.75. The van der Waals surface area contributed by atoms with E-state index in [1.807, 2.05) is 12.2 Å². The lowest BCUT2D eigenvalue weighted by Crippen LogP contribution is -2.66. The molecule has 0 aromatic rings. The van der Waals surface area contributed by atoms with Crippen molar-refractivity contribution in [3.05, 3.63) is 23.3 Å². The topological polar surface area (TPSA) is 96.6 Å². The van der Waals surface area contributed by atoms with Gasteiger partial charge in [-0.15, -0.1) is 0 Å². The monoisotopic (exact) mass is 651 g/mol. The molecule has 5 aliphatic carbocycles. The number of carbonyl (C=O) groups is 2. The number of rotatable bonds is 5. The van der Waals surface area contributed by atoms with Crippen LogP contribution in [0.15, 0.2) is 23.3 Å². The first-order chi connectivity index (χ1) is 21.0. The Morgan fingerprint density at radius 2 is 1.70 bits per heavy atom. The summed E-state index contributed by atoms with van der Waals surface area (Å²) < 4.78 is 12.1. The number of methoxy groups -OCH3 is 1. The fourth-order valence-corrected chi connectivity index (χ4v) is 12.3. The molecule has 1 N–H and O–H groups in total. The number of ether oxygens (including phenoxy) is 1. The van der Waals surface area contributed by atoms with Crippen molar-refractivity contribution in [2.75, 3.05) is 13.7 Å². The molecular formula is C39H61NO5Si. The Balaban J connectivity index is 1.59. The van der Waals surface area contributed by atoms with Gasteiger partial charge in [0.1, 0.15) is 0 Å². The smallest absolute Gasteiger partial charge is 0.312 e. The maximum Gasteiger partial charge on any atom is 0.312 e. The Labute approximate surface area is 279 Å². The van der Waals surface area contributed by atoms with Gasteiger partial charge in [-0.25, -0.2) is 0 Å². The molecule has 0 aromatic heterocycles. The number of fused-ring (bicyclic) bond motifs is 7. The average Bonchev–Trinajstić information content (AvgIpc) is 2.95. The highest BCUT2D eigenvalue weighted by atomic mass is 28.4. The van der Waals surface area contributed by atoms with Gasteiger partial charge in [0.25, 0.3) is 0 Å². The third-order valence-electron chi connectivity index (χ3n) is 15.4. The molecule has 6 nitrogen and oxygen atoms in total. The Hall–Kier alpha value is -1.75. The highest BCUT2D eigenvalue weighted by Gasteiger charge is 2.71. The zero-order chi connectivity index (χ0) is 34.5. The summed E-state index contributed by atoms with van der Waals surface area (Å²) in [6.45, 7) is 25.4. The second kappa shape index (κ2) is 10.9.